The topological polar surface area (TPSA) is 46.3 Å². The fourth-order valence-electron chi connectivity index (χ4n) is 7.77. The molecule has 1 aliphatic heterocycles. The summed E-state index contributed by atoms with van der Waals surface area (Å²) in [5, 5.41) is 12.5. The molecule has 0 fully saturated rings. The highest BCUT2D eigenvalue weighted by atomic mass is 15.3. The fourth-order valence-corrected chi connectivity index (χ4v) is 7.77. The second-order valence-electron chi connectivity index (χ2n) is 12.9. The van der Waals surface area contributed by atoms with Crippen molar-refractivity contribution in [3.05, 3.63) is 193 Å². The van der Waals surface area contributed by atoms with E-state index in [-0.39, 0.29) is 12.3 Å². The van der Waals surface area contributed by atoms with Crippen molar-refractivity contribution in [2.24, 2.45) is 4.99 Å². The highest BCUT2D eigenvalue weighted by Gasteiger charge is 2.26. The Morgan fingerprint density at radius 3 is 1.60 bits per heavy atom. The lowest BCUT2D eigenvalue weighted by Gasteiger charge is -2.32. The second-order valence-corrected chi connectivity index (χ2v) is 12.9. The van der Waals surface area contributed by atoms with Gasteiger partial charge in [0.05, 0.1) is 22.1 Å². The lowest BCUT2D eigenvalue weighted by atomic mass is 10.1. The van der Waals surface area contributed by atoms with Crippen molar-refractivity contribution < 1.29 is 0 Å². The predicted octanol–water partition coefficient (Wildman–Crippen LogP) is 10.2. The average Bonchev–Trinajstić information content (AvgIpc) is 3.72. The van der Waals surface area contributed by atoms with Gasteiger partial charge in [-0.3, -0.25) is 5.32 Å². The van der Waals surface area contributed by atoms with Crippen molar-refractivity contribution in [1.29, 1.82) is 0 Å². The molecule has 2 unspecified atom stereocenters. The van der Waals surface area contributed by atoms with Crippen LogP contribution in [0.4, 0.5) is 0 Å². The first-order chi connectivity index (χ1) is 24.8. The molecule has 0 saturated carbocycles. The molecule has 9 aromatic rings. The van der Waals surface area contributed by atoms with Gasteiger partial charge in [0, 0.05) is 38.5 Å². The molecule has 1 aliphatic rings. The number of rotatable bonds is 5. The molecular formula is C45H33N5. The Bertz CT molecular complexity index is 2710. The first-order valence-electron chi connectivity index (χ1n) is 17.1. The maximum atomic E-state index is 5.23. The highest BCUT2D eigenvalue weighted by molar-refractivity contribution is 6.28. The van der Waals surface area contributed by atoms with Gasteiger partial charge in [-0.25, -0.2) is 4.99 Å². The maximum absolute atomic E-state index is 5.23. The molecule has 7 aromatic carbocycles. The summed E-state index contributed by atoms with van der Waals surface area (Å²) in [5.74, 6) is 0.863. The molecule has 0 amide bonds. The van der Waals surface area contributed by atoms with Gasteiger partial charge in [-0.2, -0.15) is 0 Å². The van der Waals surface area contributed by atoms with Crippen LogP contribution in [0.3, 0.4) is 0 Å². The van der Waals surface area contributed by atoms with E-state index in [2.05, 4.69) is 190 Å². The van der Waals surface area contributed by atoms with Crippen molar-refractivity contribution in [1.82, 2.24) is 19.8 Å². The minimum absolute atomic E-state index is 0.0963. The normalized spacial score (nSPS) is 16.2. The summed E-state index contributed by atoms with van der Waals surface area (Å²) in [5.41, 5.74) is 10.3. The molecule has 0 saturated heterocycles. The molecule has 5 nitrogen and oxygen atoms in total. The first-order valence-corrected chi connectivity index (χ1v) is 17.1. The zero-order valence-electron chi connectivity index (χ0n) is 27.2. The summed E-state index contributed by atoms with van der Waals surface area (Å²) in [6.07, 6.45) is -0.286. The van der Waals surface area contributed by atoms with E-state index in [1.54, 1.807) is 0 Å². The fraction of sp³-hybridized carbons (Fsp3) is 0.0444. The lowest BCUT2D eigenvalue weighted by Crippen LogP contribution is -2.44. The number of aliphatic imine (C=N–C) groups is 1. The molecule has 2 aromatic heterocycles. The van der Waals surface area contributed by atoms with Crippen LogP contribution in [0.5, 0.6) is 0 Å². The summed E-state index contributed by atoms with van der Waals surface area (Å²) in [6, 6.07) is 62.6. The van der Waals surface area contributed by atoms with Crippen LogP contribution in [-0.2, 0) is 0 Å². The van der Waals surface area contributed by atoms with Crippen molar-refractivity contribution in [2.75, 3.05) is 0 Å². The van der Waals surface area contributed by atoms with Gasteiger partial charge < -0.3 is 14.5 Å². The number of fused-ring (bicyclic) bond motifs is 7. The van der Waals surface area contributed by atoms with E-state index in [1.807, 2.05) is 6.07 Å². The van der Waals surface area contributed by atoms with Crippen molar-refractivity contribution in [2.45, 2.75) is 12.3 Å². The van der Waals surface area contributed by atoms with Crippen LogP contribution in [0.25, 0.3) is 55.0 Å². The average molecular weight is 644 g/mol. The third-order valence-electron chi connectivity index (χ3n) is 9.98. The van der Waals surface area contributed by atoms with Crippen LogP contribution in [0.2, 0.25) is 0 Å². The number of amidine groups is 1. The van der Waals surface area contributed by atoms with Gasteiger partial charge >= 0.3 is 0 Å². The van der Waals surface area contributed by atoms with Gasteiger partial charge in [0.15, 0.2) is 0 Å². The standard InChI is InChI=1S/C45H33N5/c1-4-15-30(16-5-1)43-46-44(31-17-6-2-7-18-31)48-45(47-43)32-19-14-22-34(29-32)50-38-26-13-11-24-36(38)42-40(50)28-27-39-41(42)35-23-10-12-25-37(35)49(39)33-20-8-3-9-21-33/h1-29,43-44,46H,(H,47,48). The van der Waals surface area contributed by atoms with Crippen molar-refractivity contribution in [3.8, 4) is 11.4 Å². The monoisotopic (exact) mass is 643 g/mol. The van der Waals surface area contributed by atoms with Crippen molar-refractivity contribution in [3.63, 3.8) is 0 Å². The summed E-state index contributed by atoms with van der Waals surface area (Å²) in [6.45, 7) is 0. The van der Waals surface area contributed by atoms with Gasteiger partial charge in [-0.15, -0.1) is 0 Å². The van der Waals surface area contributed by atoms with Crippen LogP contribution in [-0.4, -0.2) is 15.0 Å². The van der Waals surface area contributed by atoms with Crippen LogP contribution >= 0.6 is 0 Å². The van der Waals surface area contributed by atoms with Crippen LogP contribution in [0.1, 0.15) is 29.0 Å². The third-order valence-corrected chi connectivity index (χ3v) is 9.98. The molecule has 3 heterocycles. The number of benzene rings is 7. The van der Waals surface area contributed by atoms with Gasteiger partial charge in [0.1, 0.15) is 18.2 Å². The smallest absolute Gasteiger partial charge is 0.131 e. The molecule has 0 bridgehead atoms. The molecule has 2 N–H and O–H groups in total. The van der Waals surface area contributed by atoms with Crippen LogP contribution in [0.15, 0.2) is 181 Å². The minimum atomic E-state index is -0.190. The number of nitrogens with one attached hydrogen (secondary N) is 2. The molecule has 238 valence electrons. The predicted molar refractivity (Wildman–Crippen MR) is 206 cm³/mol. The Balaban J connectivity index is 1.18. The zero-order chi connectivity index (χ0) is 33.0. The second kappa shape index (κ2) is 11.6. The zero-order valence-corrected chi connectivity index (χ0v) is 27.2. The Morgan fingerprint density at radius 2 is 0.960 bits per heavy atom. The van der Waals surface area contributed by atoms with E-state index in [4.69, 9.17) is 4.99 Å². The van der Waals surface area contributed by atoms with Gasteiger partial charge in [-0.05, 0) is 59.7 Å². The number of hydrogen-bond donors (Lipinski definition) is 2. The van der Waals surface area contributed by atoms with E-state index >= 15 is 0 Å². The molecule has 5 heteroatoms. The molecular weight excluding hydrogens is 611 g/mol. The van der Waals surface area contributed by atoms with E-state index in [0.29, 0.717) is 0 Å². The lowest BCUT2D eigenvalue weighted by molar-refractivity contribution is 0.409. The van der Waals surface area contributed by atoms with E-state index in [9.17, 15) is 0 Å². The highest BCUT2D eigenvalue weighted by Crippen LogP contribution is 2.42. The van der Waals surface area contributed by atoms with Crippen LogP contribution in [0, 0.1) is 0 Å². The molecule has 0 aliphatic carbocycles. The molecule has 50 heavy (non-hydrogen) atoms. The van der Waals surface area contributed by atoms with E-state index < -0.39 is 0 Å². The quantitative estimate of drug-likeness (QED) is 0.196. The maximum Gasteiger partial charge on any atom is 0.131 e. The summed E-state index contributed by atoms with van der Waals surface area (Å²) in [4.78, 5) is 5.23. The Labute approximate surface area is 289 Å². The number of para-hydroxylation sites is 3. The van der Waals surface area contributed by atoms with Gasteiger partial charge in [-0.1, -0.05) is 127 Å². The van der Waals surface area contributed by atoms with Gasteiger partial charge in [0.25, 0.3) is 0 Å². The van der Waals surface area contributed by atoms with Crippen LogP contribution < -0.4 is 10.6 Å². The number of hydrogen-bond acceptors (Lipinski definition) is 3. The largest absolute Gasteiger partial charge is 0.350 e. The van der Waals surface area contributed by atoms with E-state index in [0.717, 1.165) is 33.9 Å². The molecule has 10 rings (SSSR count). The summed E-state index contributed by atoms with van der Waals surface area (Å²) in [7, 11) is 0. The van der Waals surface area contributed by atoms with E-state index in [1.165, 1.54) is 43.6 Å². The number of aromatic nitrogens is 2. The Kier molecular flexibility index (Phi) is 6.64. The molecule has 0 radical (unpaired) electrons. The summed E-state index contributed by atoms with van der Waals surface area (Å²) >= 11 is 0. The van der Waals surface area contributed by atoms with Gasteiger partial charge in [0.2, 0.25) is 0 Å². The third kappa shape index (κ3) is 4.55. The molecule has 2 atom stereocenters. The SMILES string of the molecule is c1ccc(C2N=C(c3cccc(-n4c5ccccc5c5c6c7ccccc7n(-c7ccccc7)c6ccc54)c3)NC(c3ccccc3)N2)cc1. The number of nitrogens with zero attached hydrogens (tertiary/aromatic N) is 3. The summed E-state index contributed by atoms with van der Waals surface area (Å²) < 4.78 is 4.80. The first kappa shape index (κ1) is 28.6. The Morgan fingerprint density at radius 1 is 0.440 bits per heavy atom. The molecule has 0 spiro atoms. The Hall–Kier alpha value is -6.43. The minimum Gasteiger partial charge on any atom is -0.350 e. The van der Waals surface area contributed by atoms with Crippen molar-refractivity contribution >= 4 is 49.4 Å².